The van der Waals surface area contributed by atoms with Crippen LogP contribution in [0.1, 0.15) is 37.1 Å². The Hall–Kier alpha value is -1.92. The summed E-state index contributed by atoms with van der Waals surface area (Å²) < 4.78 is 0. The van der Waals surface area contributed by atoms with Gasteiger partial charge < -0.3 is 5.11 Å². The Balaban J connectivity index is 2.52. The van der Waals surface area contributed by atoms with Gasteiger partial charge >= 0.3 is 0 Å². The second-order valence-corrected chi connectivity index (χ2v) is 4.84. The van der Waals surface area contributed by atoms with Crippen molar-refractivity contribution < 1.29 is 5.11 Å². The Morgan fingerprint density at radius 1 is 1.37 bits per heavy atom. The summed E-state index contributed by atoms with van der Waals surface area (Å²) in [5.41, 5.74) is 2.54. The molecule has 1 aromatic carbocycles. The molecule has 1 aromatic heterocycles. The highest BCUT2D eigenvalue weighted by Gasteiger charge is 2.22. The predicted octanol–water partition coefficient (Wildman–Crippen LogP) is 3.52. The molecule has 2 aromatic rings. The number of para-hydroxylation sites is 1. The highest BCUT2D eigenvalue weighted by atomic mass is 16.3. The summed E-state index contributed by atoms with van der Waals surface area (Å²) >= 11 is 0. The molecular formula is C16H18N2O. The molecule has 19 heavy (non-hydrogen) atoms. The molecule has 0 saturated carbocycles. The average molecular weight is 254 g/mol. The van der Waals surface area contributed by atoms with Crippen molar-refractivity contribution in [2.75, 3.05) is 0 Å². The van der Waals surface area contributed by atoms with Gasteiger partial charge in [0.05, 0.1) is 23.6 Å². The molecule has 1 heterocycles. The molecular weight excluding hydrogens is 236 g/mol. The van der Waals surface area contributed by atoms with Gasteiger partial charge in [0.1, 0.15) is 0 Å². The quantitative estimate of drug-likeness (QED) is 0.908. The van der Waals surface area contributed by atoms with Crippen LogP contribution in [0.2, 0.25) is 0 Å². The van der Waals surface area contributed by atoms with E-state index in [9.17, 15) is 10.4 Å². The molecule has 0 spiro atoms. The number of nitrogens with zero attached hydrogens (tertiary/aromatic N) is 2. The van der Waals surface area contributed by atoms with Crippen molar-refractivity contribution in [1.29, 1.82) is 5.26 Å². The van der Waals surface area contributed by atoms with E-state index in [-0.39, 0.29) is 5.92 Å². The fraction of sp³-hybridized carbons (Fsp3) is 0.375. The lowest BCUT2D eigenvalue weighted by Crippen LogP contribution is -2.11. The topological polar surface area (TPSA) is 56.9 Å². The molecule has 0 bridgehead atoms. The van der Waals surface area contributed by atoms with Gasteiger partial charge in [0.2, 0.25) is 0 Å². The molecule has 2 rings (SSSR count). The number of benzene rings is 1. The zero-order valence-electron chi connectivity index (χ0n) is 11.3. The minimum Gasteiger partial charge on any atom is -0.387 e. The normalized spacial score (nSPS) is 14.0. The molecule has 1 N–H and O–H groups in total. The van der Waals surface area contributed by atoms with E-state index < -0.39 is 6.10 Å². The Labute approximate surface area is 113 Å². The van der Waals surface area contributed by atoms with Crippen LogP contribution in [0.5, 0.6) is 0 Å². The maximum absolute atomic E-state index is 10.5. The number of aryl methyl sites for hydroxylation is 1. The average Bonchev–Trinajstić information content (AvgIpc) is 2.43. The van der Waals surface area contributed by atoms with Gasteiger partial charge in [-0.25, -0.2) is 0 Å². The summed E-state index contributed by atoms with van der Waals surface area (Å²) in [7, 11) is 0. The molecule has 2 unspecified atom stereocenters. The highest BCUT2D eigenvalue weighted by Crippen LogP contribution is 2.30. The molecule has 3 heteroatoms. The molecule has 3 nitrogen and oxygen atoms in total. The van der Waals surface area contributed by atoms with Crippen molar-refractivity contribution in [1.82, 2.24) is 4.98 Å². The fourth-order valence-corrected chi connectivity index (χ4v) is 2.41. The smallest absolute Gasteiger partial charge is 0.0955 e. The van der Waals surface area contributed by atoms with E-state index in [1.54, 1.807) is 0 Å². The molecule has 0 aliphatic heterocycles. The van der Waals surface area contributed by atoms with Crippen molar-refractivity contribution in [3.8, 4) is 6.07 Å². The number of pyridine rings is 1. The van der Waals surface area contributed by atoms with E-state index in [0.717, 1.165) is 28.6 Å². The third-order valence-electron chi connectivity index (χ3n) is 3.34. The van der Waals surface area contributed by atoms with Crippen LogP contribution in [-0.2, 0) is 0 Å². The van der Waals surface area contributed by atoms with Gasteiger partial charge in [-0.1, -0.05) is 31.5 Å². The van der Waals surface area contributed by atoms with Crippen molar-refractivity contribution in [2.24, 2.45) is 5.92 Å². The van der Waals surface area contributed by atoms with Crippen molar-refractivity contribution >= 4 is 10.9 Å². The van der Waals surface area contributed by atoms with Gasteiger partial charge in [0.15, 0.2) is 0 Å². The van der Waals surface area contributed by atoms with E-state index >= 15 is 0 Å². The second-order valence-electron chi connectivity index (χ2n) is 4.84. The number of fused-ring (bicyclic) bond motifs is 1. The largest absolute Gasteiger partial charge is 0.387 e. The zero-order chi connectivity index (χ0) is 13.8. The minimum absolute atomic E-state index is 0.366. The first kappa shape index (κ1) is 13.5. The highest BCUT2D eigenvalue weighted by molar-refractivity contribution is 5.82. The summed E-state index contributed by atoms with van der Waals surface area (Å²) in [6.07, 6.45) is 0.835. The Morgan fingerprint density at radius 3 is 2.79 bits per heavy atom. The van der Waals surface area contributed by atoms with Crippen LogP contribution in [-0.4, -0.2) is 10.1 Å². The molecule has 0 radical (unpaired) electrons. The van der Waals surface area contributed by atoms with Crippen LogP contribution in [0.3, 0.4) is 0 Å². The molecule has 0 fully saturated rings. The van der Waals surface area contributed by atoms with Gasteiger partial charge in [0.25, 0.3) is 0 Å². The summed E-state index contributed by atoms with van der Waals surface area (Å²) in [5.74, 6) is -0.366. The van der Waals surface area contributed by atoms with Crippen LogP contribution in [0.25, 0.3) is 10.9 Å². The summed E-state index contributed by atoms with van der Waals surface area (Å²) in [4.78, 5) is 4.46. The lowest BCUT2D eigenvalue weighted by atomic mass is 9.91. The van der Waals surface area contributed by atoms with Gasteiger partial charge in [0, 0.05) is 11.1 Å². The maximum Gasteiger partial charge on any atom is 0.0955 e. The Morgan fingerprint density at radius 2 is 2.11 bits per heavy atom. The van der Waals surface area contributed by atoms with E-state index in [0.29, 0.717) is 6.42 Å². The molecule has 2 atom stereocenters. The fourth-order valence-electron chi connectivity index (χ4n) is 2.41. The summed E-state index contributed by atoms with van der Waals surface area (Å²) in [6, 6.07) is 11.8. The minimum atomic E-state index is -0.753. The van der Waals surface area contributed by atoms with Crippen molar-refractivity contribution in [3.63, 3.8) is 0 Å². The lowest BCUT2D eigenvalue weighted by molar-refractivity contribution is 0.131. The first-order chi connectivity index (χ1) is 9.17. The molecule has 0 aliphatic rings. The van der Waals surface area contributed by atoms with Crippen LogP contribution >= 0.6 is 0 Å². The summed E-state index contributed by atoms with van der Waals surface area (Å²) in [6.45, 7) is 3.93. The number of rotatable bonds is 4. The molecule has 0 amide bonds. The number of aliphatic hydroxyl groups is 1. The van der Waals surface area contributed by atoms with Crippen molar-refractivity contribution in [2.45, 2.75) is 32.8 Å². The van der Waals surface area contributed by atoms with Gasteiger partial charge in [-0.3, -0.25) is 4.98 Å². The number of hydrogen-bond acceptors (Lipinski definition) is 3. The van der Waals surface area contributed by atoms with Crippen molar-refractivity contribution in [3.05, 3.63) is 41.6 Å². The van der Waals surface area contributed by atoms with Crippen LogP contribution in [0.4, 0.5) is 0 Å². The number of hydrogen-bond donors (Lipinski definition) is 1. The lowest BCUT2D eigenvalue weighted by Gasteiger charge is -2.18. The Bertz CT molecular complexity index is 616. The SMILES string of the molecule is CCCC(C#N)C(O)c1cc(C)nc2ccccc12. The Kier molecular flexibility index (Phi) is 4.13. The third-order valence-corrected chi connectivity index (χ3v) is 3.34. The monoisotopic (exact) mass is 254 g/mol. The number of aliphatic hydroxyl groups excluding tert-OH is 1. The van der Waals surface area contributed by atoms with Crippen LogP contribution < -0.4 is 0 Å². The molecule has 0 aliphatic carbocycles. The first-order valence-corrected chi connectivity index (χ1v) is 6.61. The third kappa shape index (κ3) is 2.74. The van der Waals surface area contributed by atoms with Crippen LogP contribution in [0, 0.1) is 24.2 Å². The molecule has 0 saturated heterocycles. The van der Waals surface area contributed by atoms with Gasteiger partial charge in [-0.15, -0.1) is 0 Å². The zero-order valence-corrected chi connectivity index (χ0v) is 11.3. The first-order valence-electron chi connectivity index (χ1n) is 6.61. The van der Waals surface area contributed by atoms with Gasteiger partial charge in [-0.05, 0) is 31.0 Å². The second kappa shape index (κ2) is 5.81. The standard InChI is InChI=1S/C16H18N2O/c1-3-6-12(10-17)16(19)14-9-11(2)18-15-8-5-4-7-13(14)15/h4-5,7-9,12,16,19H,3,6H2,1-2H3. The van der Waals surface area contributed by atoms with E-state index in [2.05, 4.69) is 11.1 Å². The van der Waals surface area contributed by atoms with E-state index in [1.807, 2.05) is 44.2 Å². The van der Waals surface area contributed by atoms with Gasteiger partial charge in [-0.2, -0.15) is 5.26 Å². The number of nitriles is 1. The number of aromatic nitrogens is 1. The maximum atomic E-state index is 10.5. The predicted molar refractivity (Wildman–Crippen MR) is 75.5 cm³/mol. The summed E-state index contributed by atoms with van der Waals surface area (Å²) in [5, 5.41) is 20.6. The van der Waals surface area contributed by atoms with E-state index in [1.165, 1.54) is 0 Å². The van der Waals surface area contributed by atoms with E-state index in [4.69, 9.17) is 0 Å². The molecule has 98 valence electrons. The van der Waals surface area contributed by atoms with Crippen LogP contribution in [0.15, 0.2) is 30.3 Å².